The van der Waals surface area contributed by atoms with Crippen molar-refractivity contribution in [1.82, 2.24) is 16.0 Å². The minimum absolute atomic E-state index is 0.206. The zero-order valence-corrected chi connectivity index (χ0v) is 15.6. The first-order chi connectivity index (χ1) is 11.9. The number of nitrogens with two attached hydrogens (primary N) is 1. The van der Waals surface area contributed by atoms with Gasteiger partial charge in [-0.3, -0.25) is 14.4 Å². The zero-order chi connectivity index (χ0) is 20.6. The maximum Gasteiger partial charge on any atom is 0.327 e. The summed E-state index contributed by atoms with van der Waals surface area (Å²) in [4.78, 5) is 47.1. The van der Waals surface area contributed by atoms with Crippen LogP contribution >= 0.6 is 12.6 Å². The average Bonchev–Trinajstić information content (AvgIpc) is 2.53. The molecule has 0 fully saturated rings. The Bertz CT molecular complexity index is 527. The number of carbonyl (C=O) groups is 4. The molecule has 0 aromatic rings. The van der Waals surface area contributed by atoms with Gasteiger partial charge in [-0.05, 0) is 20.8 Å². The number of amides is 3. The van der Waals surface area contributed by atoms with Crippen molar-refractivity contribution in [3.63, 3.8) is 0 Å². The lowest BCUT2D eigenvalue weighted by Crippen LogP contribution is -2.61. The fourth-order valence-electron chi connectivity index (χ4n) is 1.79. The number of aliphatic carboxylic acids is 1. The molecular weight excluding hydrogens is 368 g/mol. The second kappa shape index (κ2) is 11.0. The predicted octanol–water partition coefficient (Wildman–Crippen LogP) is -3.44. The maximum absolute atomic E-state index is 12.3. The van der Waals surface area contributed by atoms with Gasteiger partial charge in [0, 0.05) is 5.75 Å². The molecule has 8 N–H and O–H groups in total. The third kappa shape index (κ3) is 7.56. The minimum atomic E-state index is -1.52. The summed E-state index contributed by atoms with van der Waals surface area (Å²) < 4.78 is 0. The van der Waals surface area contributed by atoms with E-state index in [1.165, 1.54) is 20.8 Å². The van der Waals surface area contributed by atoms with Crippen molar-refractivity contribution < 1.29 is 34.5 Å². The van der Waals surface area contributed by atoms with Crippen LogP contribution in [0.4, 0.5) is 0 Å². The number of aliphatic hydroxyl groups is 2. The van der Waals surface area contributed by atoms with E-state index in [0.717, 1.165) is 0 Å². The van der Waals surface area contributed by atoms with Gasteiger partial charge in [0.1, 0.15) is 18.1 Å². The highest BCUT2D eigenvalue weighted by atomic mass is 32.1. The van der Waals surface area contributed by atoms with Crippen LogP contribution in [-0.2, 0) is 19.2 Å². The molecule has 0 spiro atoms. The van der Waals surface area contributed by atoms with Crippen LogP contribution in [0.5, 0.6) is 0 Å². The van der Waals surface area contributed by atoms with Crippen molar-refractivity contribution in [1.29, 1.82) is 0 Å². The quantitative estimate of drug-likeness (QED) is 0.175. The van der Waals surface area contributed by atoms with Gasteiger partial charge < -0.3 is 37.0 Å². The van der Waals surface area contributed by atoms with Crippen molar-refractivity contribution in [3.05, 3.63) is 0 Å². The number of hydrogen-bond donors (Lipinski definition) is 8. The van der Waals surface area contributed by atoms with Crippen molar-refractivity contribution in [3.8, 4) is 0 Å². The number of nitrogens with one attached hydrogen (secondary N) is 3. The van der Waals surface area contributed by atoms with E-state index in [1.54, 1.807) is 0 Å². The van der Waals surface area contributed by atoms with Crippen LogP contribution in [0.2, 0.25) is 0 Å². The van der Waals surface area contributed by atoms with E-state index in [0.29, 0.717) is 0 Å². The van der Waals surface area contributed by atoms with Crippen LogP contribution in [0, 0.1) is 0 Å². The number of rotatable bonds is 10. The van der Waals surface area contributed by atoms with E-state index in [9.17, 15) is 29.4 Å². The third-order valence-electron chi connectivity index (χ3n) is 3.34. The van der Waals surface area contributed by atoms with Gasteiger partial charge in [-0.25, -0.2) is 4.79 Å². The van der Waals surface area contributed by atoms with Gasteiger partial charge in [0.2, 0.25) is 17.7 Å². The van der Waals surface area contributed by atoms with Gasteiger partial charge in [0.05, 0.1) is 18.2 Å². The lowest BCUT2D eigenvalue weighted by atomic mass is 10.1. The number of carbonyl (C=O) groups excluding carboxylic acids is 3. The monoisotopic (exact) mass is 394 g/mol. The molecule has 0 aromatic heterocycles. The zero-order valence-electron chi connectivity index (χ0n) is 14.7. The molecule has 0 saturated carbocycles. The average molecular weight is 394 g/mol. The highest BCUT2D eigenvalue weighted by molar-refractivity contribution is 7.80. The number of carboxylic acids is 1. The fraction of sp³-hybridized carbons (Fsp3) is 0.714. The lowest BCUT2D eigenvalue weighted by molar-refractivity contribution is -0.142. The number of aliphatic hydroxyl groups excluding tert-OH is 2. The smallest absolute Gasteiger partial charge is 0.327 e. The van der Waals surface area contributed by atoms with Crippen LogP contribution in [0.25, 0.3) is 0 Å². The second-order valence-electron chi connectivity index (χ2n) is 5.82. The first kappa shape index (κ1) is 24.1. The van der Waals surface area contributed by atoms with Crippen molar-refractivity contribution in [2.45, 2.75) is 57.1 Å². The Kier molecular flexibility index (Phi) is 10.2. The normalized spacial score (nSPS) is 17.8. The topological polar surface area (TPSA) is 191 Å². The highest BCUT2D eigenvalue weighted by Crippen LogP contribution is 2.01. The SMILES string of the molecule is CC(N)C(=O)NC(C(=O)NC(C(=O)NC(CS)C(=O)O)C(C)O)C(C)O. The number of thiol groups is 1. The van der Waals surface area contributed by atoms with Crippen molar-refractivity contribution >= 4 is 36.3 Å². The summed E-state index contributed by atoms with van der Waals surface area (Å²) in [5.41, 5.74) is 5.39. The molecule has 0 aliphatic carbocycles. The fourth-order valence-corrected chi connectivity index (χ4v) is 2.03. The molecular formula is C14H26N4O7S. The first-order valence-electron chi connectivity index (χ1n) is 7.78. The van der Waals surface area contributed by atoms with Gasteiger partial charge in [-0.1, -0.05) is 0 Å². The van der Waals surface area contributed by atoms with Crippen LogP contribution in [0.15, 0.2) is 0 Å². The Morgan fingerprint density at radius 1 is 0.885 bits per heavy atom. The minimum Gasteiger partial charge on any atom is -0.480 e. The number of hydrogen-bond acceptors (Lipinski definition) is 8. The number of carboxylic acid groups (broad SMARTS) is 1. The molecule has 26 heavy (non-hydrogen) atoms. The largest absolute Gasteiger partial charge is 0.480 e. The Labute approximate surface area is 156 Å². The van der Waals surface area contributed by atoms with Crippen LogP contribution in [0.1, 0.15) is 20.8 Å². The Morgan fingerprint density at radius 2 is 1.27 bits per heavy atom. The summed E-state index contributed by atoms with van der Waals surface area (Å²) in [6.45, 7) is 3.82. The molecule has 0 bridgehead atoms. The van der Waals surface area contributed by atoms with Gasteiger partial charge in [-0.15, -0.1) is 0 Å². The molecule has 0 aromatic carbocycles. The Morgan fingerprint density at radius 3 is 1.58 bits per heavy atom. The van der Waals surface area contributed by atoms with E-state index < -0.39 is 60.1 Å². The van der Waals surface area contributed by atoms with Crippen molar-refractivity contribution in [2.24, 2.45) is 5.73 Å². The summed E-state index contributed by atoms with van der Waals surface area (Å²) in [5, 5.41) is 34.9. The van der Waals surface area contributed by atoms with Gasteiger partial charge in [-0.2, -0.15) is 12.6 Å². The van der Waals surface area contributed by atoms with Gasteiger partial charge >= 0.3 is 5.97 Å². The summed E-state index contributed by atoms with van der Waals surface area (Å²) >= 11 is 3.80. The molecule has 0 heterocycles. The molecule has 0 rings (SSSR count). The molecule has 0 aliphatic rings. The van der Waals surface area contributed by atoms with E-state index in [2.05, 4.69) is 28.6 Å². The van der Waals surface area contributed by atoms with Gasteiger partial charge in [0.25, 0.3) is 0 Å². The van der Waals surface area contributed by atoms with Crippen LogP contribution < -0.4 is 21.7 Å². The van der Waals surface area contributed by atoms with Gasteiger partial charge in [0.15, 0.2) is 0 Å². The second-order valence-corrected chi connectivity index (χ2v) is 6.19. The van der Waals surface area contributed by atoms with E-state index in [1.807, 2.05) is 0 Å². The Balaban J connectivity index is 5.21. The molecule has 3 amide bonds. The molecule has 0 saturated heterocycles. The maximum atomic E-state index is 12.3. The molecule has 12 heteroatoms. The van der Waals surface area contributed by atoms with Crippen LogP contribution in [-0.4, -0.2) is 81.1 Å². The molecule has 0 radical (unpaired) electrons. The van der Waals surface area contributed by atoms with Crippen molar-refractivity contribution in [2.75, 3.05) is 5.75 Å². The molecule has 150 valence electrons. The third-order valence-corrected chi connectivity index (χ3v) is 3.70. The molecule has 11 nitrogen and oxygen atoms in total. The summed E-state index contributed by atoms with van der Waals surface area (Å²) in [6, 6.07) is -5.21. The summed E-state index contributed by atoms with van der Waals surface area (Å²) in [7, 11) is 0. The van der Waals surface area contributed by atoms with E-state index in [4.69, 9.17) is 10.8 Å². The van der Waals surface area contributed by atoms with E-state index in [-0.39, 0.29) is 5.75 Å². The highest BCUT2D eigenvalue weighted by Gasteiger charge is 2.33. The molecule has 6 atom stereocenters. The summed E-state index contributed by atoms with van der Waals surface area (Å²) in [6.07, 6.45) is -2.70. The first-order valence-corrected chi connectivity index (χ1v) is 8.42. The summed E-state index contributed by atoms with van der Waals surface area (Å²) in [5.74, 6) is -4.16. The molecule has 0 aliphatic heterocycles. The standard InChI is InChI=1S/C14H26N4O7S/c1-5(15)11(21)17-10(7(3)20)13(23)18-9(6(2)19)12(22)16-8(4-26)14(24)25/h5-10,19-20,26H,4,15H2,1-3H3,(H,16,22)(H,17,21)(H,18,23)(H,24,25). The van der Waals surface area contributed by atoms with E-state index >= 15 is 0 Å². The Hall–Kier alpha value is -1.89. The molecule has 6 unspecified atom stereocenters. The lowest BCUT2D eigenvalue weighted by Gasteiger charge is -2.27. The predicted molar refractivity (Wildman–Crippen MR) is 94.3 cm³/mol. The van der Waals surface area contributed by atoms with Crippen LogP contribution in [0.3, 0.4) is 0 Å².